The van der Waals surface area contributed by atoms with Crippen LogP contribution in [-0.4, -0.2) is 79.2 Å². The van der Waals surface area contributed by atoms with Crippen LogP contribution >= 0.6 is 0 Å². The summed E-state index contributed by atoms with van der Waals surface area (Å²) < 4.78 is 5.27. The number of nitrogens with one attached hydrogen (secondary N) is 1. The van der Waals surface area contributed by atoms with Gasteiger partial charge in [0.25, 0.3) is 0 Å². The topological polar surface area (TPSA) is 65.1 Å². The lowest BCUT2D eigenvalue weighted by molar-refractivity contribution is 0.0394. The zero-order valence-electron chi connectivity index (χ0n) is 13.1. The van der Waals surface area contributed by atoms with Crippen LogP contribution in [0.2, 0.25) is 0 Å². The molecule has 1 aromatic rings. The van der Waals surface area contributed by atoms with Crippen molar-refractivity contribution in [2.24, 2.45) is 0 Å². The van der Waals surface area contributed by atoms with Crippen LogP contribution in [0.5, 0.6) is 0 Å². The van der Waals surface area contributed by atoms with Gasteiger partial charge in [-0.15, -0.1) is 0 Å². The first-order chi connectivity index (χ1) is 11.2. The maximum absolute atomic E-state index is 12.4. The molecule has 2 fully saturated rings. The number of anilines is 1. The number of amides is 4. The van der Waals surface area contributed by atoms with E-state index in [1.54, 1.807) is 4.90 Å². The molecule has 2 aliphatic heterocycles. The number of rotatable bonds is 1. The molecule has 124 valence electrons. The maximum atomic E-state index is 12.4. The summed E-state index contributed by atoms with van der Waals surface area (Å²) in [6, 6.07) is 9.33. The number of morpholine rings is 1. The molecule has 2 saturated heterocycles. The van der Waals surface area contributed by atoms with Crippen LogP contribution in [0.15, 0.2) is 30.3 Å². The van der Waals surface area contributed by atoms with Crippen molar-refractivity contribution in [2.45, 2.75) is 0 Å². The molecule has 0 aromatic heterocycles. The number of ether oxygens (including phenoxy) is 1. The standard InChI is InChI=1S/C16H22N4O3/c21-15(17-14-4-2-1-3-5-14)18-6-8-19(9-7-18)16(22)20-10-12-23-13-11-20/h1-5H,6-13H2,(H,17,21). The lowest BCUT2D eigenvalue weighted by atomic mass is 10.3. The van der Waals surface area contributed by atoms with Crippen LogP contribution in [0.25, 0.3) is 0 Å². The number of carbonyl (C=O) groups is 2. The predicted molar refractivity (Wildman–Crippen MR) is 86.4 cm³/mol. The van der Waals surface area contributed by atoms with E-state index in [2.05, 4.69) is 5.32 Å². The summed E-state index contributed by atoms with van der Waals surface area (Å²) in [5.74, 6) is 0. The van der Waals surface area contributed by atoms with Gasteiger partial charge in [0.1, 0.15) is 0 Å². The molecule has 0 bridgehead atoms. The van der Waals surface area contributed by atoms with E-state index in [-0.39, 0.29) is 12.1 Å². The van der Waals surface area contributed by atoms with Crippen LogP contribution in [0.1, 0.15) is 0 Å². The summed E-state index contributed by atoms with van der Waals surface area (Å²) in [6.45, 7) is 4.73. The van der Waals surface area contributed by atoms with E-state index in [0.29, 0.717) is 52.5 Å². The van der Waals surface area contributed by atoms with E-state index in [1.165, 1.54) is 0 Å². The zero-order valence-corrected chi connectivity index (χ0v) is 13.1. The molecule has 7 heteroatoms. The molecular formula is C16H22N4O3. The van der Waals surface area contributed by atoms with Gasteiger partial charge in [-0.1, -0.05) is 18.2 Å². The fourth-order valence-electron chi connectivity index (χ4n) is 2.78. The Hall–Kier alpha value is -2.28. The third-order valence-corrected chi connectivity index (χ3v) is 4.14. The highest BCUT2D eigenvalue weighted by Gasteiger charge is 2.27. The van der Waals surface area contributed by atoms with Gasteiger partial charge in [0.05, 0.1) is 13.2 Å². The number of hydrogen-bond acceptors (Lipinski definition) is 3. The van der Waals surface area contributed by atoms with Crippen LogP contribution in [0.4, 0.5) is 15.3 Å². The van der Waals surface area contributed by atoms with Gasteiger partial charge in [-0.3, -0.25) is 0 Å². The molecule has 4 amide bonds. The van der Waals surface area contributed by atoms with Crippen LogP contribution in [0, 0.1) is 0 Å². The number of hydrogen-bond donors (Lipinski definition) is 1. The highest BCUT2D eigenvalue weighted by atomic mass is 16.5. The van der Waals surface area contributed by atoms with Crippen molar-refractivity contribution in [1.29, 1.82) is 0 Å². The minimum absolute atomic E-state index is 0.0522. The van der Waals surface area contributed by atoms with E-state index in [9.17, 15) is 9.59 Å². The van der Waals surface area contributed by atoms with Crippen LogP contribution in [-0.2, 0) is 4.74 Å². The summed E-state index contributed by atoms with van der Waals surface area (Å²) in [6.07, 6.45) is 0. The van der Waals surface area contributed by atoms with Crippen molar-refractivity contribution in [3.63, 3.8) is 0 Å². The lowest BCUT2D eigenvalue weighted by Crippen LogP contribution is -2.56. The third-order valence-electron chi connectivity index (χ3n) is 4.14. The molecule has 0 aliphatic carbocycles. The molecule has 2 heterocycles. The molecule has 0 radical (unpaired) electrons. The van der Waals surface area contributed by atoms with Crippen molar-refractivity contribution in [3.05, 3.63) is 30.3 Å². The Labute approximate surface area is 135 Å². The Balaban J connectivity index is 1.48. The second-order valence-electron chi connectivity index (χ2n) is 5.65. The molecule has 2 aliphatic rings. The maximum Gasteiger partial charge on any atom is 0.321 e. The summed E-state index contributed by atoms with van der Waals surface area (Å²) in [5.41, 5.74) is 0.782. The second kappa shape index (κ2) is 7.32. The van der Waals surface area contributed by atoms with Crippen molar-refractivity contribution in [3.8, 4) is 0 Å². The average Bonchev–Trinajstić information content (AvgIpc) is 2.63. The Morgan fingerprint density at radius 1 is 0.826 bits per heavy atom. The average molecular weight is 318 g/mol. The Bertz CT molecular complexity index is 538. The number of para-hydroxylation sites is 1. The first-order valence-corrected chi connectivity index (χ1v) is 7.96. The van der Waals surface area contributed by atoms with Gasteiger partial charge in [-0.05, 0) is 12.1 Å². The highest BCUT2D eigenvalue weighted by molar-refractivity contribution is 5.89. The molecule has 1 aromatic carbocycles. The minimum atomic E-state index is -0.116. The summed E-state index contributed by atoms with van der Waals surface area (Å²) in [5, 5.41) is 2.88. The second-order valence-corrected chi connectivity index (χ2v) is 5.65. The smallest absolute Gasteiger partial charge is 0.321 e. The minimum Gasteiger partial charge on any atom is -0.378 e. The molecule has 1 N–H and O–H groups in total. The Kier molecular flexibility index (Phi) is 4.97. The first kappa shape index (κ1) is 15.6. The van der Waals surface area contributed by atoms with Gasteiger partial charge in [-0.25, -0.2) is 9.59 Å². The molecule has 7 nitrogen and oxygen atoms in total. The van der Waals surface area contributed by atoms with Gasteiger partial charge >= 0.3 is 12.1 Å². The van der Waals surface area contributed by atoms with E-state index >= 15 is 0 Å². The number of urea groups is 2. The largest absolute Gasteiger partial charge is 0.378 e. The quantitative estimate of drug-likeness (QED) is 0.848. The monoisotopic (exact) mass is 318 g/mol. The molecular weight excluding hydrogens is 296 g/mol. The summed E-state index contributed by atoms with van der Waals surface area (Å²) >= 11 is 0. The fourth-order valence-corrected chi connectivity index (χ4v) is 2.78. The molecule has 0 spiro atoms. The van der Waals surface area contributed by atoms with E-state index in [1.807, 2.05) is 40.1 Å². The Morgan fingerprint density at radius 2 is 1.39 bits per heavy atom. The highest BCUT2D eigenvalue weighted by Crippen LogP contribution is 2.11. The summed E-state index contributed by atoms with van der Waals surface area (Å²) in [7, 11) is 0. The van der Waals surface area contributed by atoms with Gasteiger partial charge in [0, 0.05) is 45.0 Å². The molecule has 0 saturated carbocycles. The SMILES string of the molecule is O=C(Nc1ccccc1)N1CCN(C(=O)N2CCOCC2)CC1. The zero-order chi connectivity index (χ0) is 16.1. The molecule has 23 heavy (non-hydrogen) atoms. The lowest BCUT2D eigenvalue weighted by Gasteiger charge is -2.38. The molecule has 0 unspecified atom stereocenters. The van der Waals surface area contributed by atoms with Crippen molar-refractivity contribution in [2.75, 3.05) is 57.8 Å². The van der Waals surface area contributed by atoms with Gasteiger partial charge < -0.3 is 24.8 Å². The van der Waals surface area contributed by atoms with Gasteiger partial charge in [-0.2, -0.15) is 0 Å². The predicted octanol–water partition coefficient (Wildman–Crippen LogP) is 1.29. The number of piperazine rings is 1. The first-order valence-electron chi connectivity index (χ1n) is 7.96. The van der Waals surface area contributed by atoms with E-state index in [0.717, 1.165) is 5.69 Å². The van der Waals surface area contributed by atoms with Crippen molar-refractivity contribution >= 4 is 17.7 Å². The number of nitrogens with zero attached hydrogens (tertiary/aromatic N) is 3. The number of carbonyl (C=O) groups excluding carboxylic acids is 2. The molecule has 3 rings (SSSR count). The van der Waals surface area contributed by atoms with E-state index < -0.39 is 0 Å². The van der Waals surface area contributed by atoms with Crippen molar-refractivity contribution in [1.82, 2.24) is 14.7 Å². The number of benzene rings is 1. The summed E-state index contributed by atoms with van der Waals surface area (Å²) in [4.78, 5) is 30.0. The Morgan fingerprint density at radius 3 is 2.04 bits per heavy atom. The van der Waals surface area contributed by atoms with E-state index in [4.69, 9.17) is 4.74 Å². The van der Waals surface area contributed by atoms with Crippen LogP contribution < -0.4 is 5.32 Å². The van der Waals surface area contributed by atoms with Gasteiger partial charge in [0.15, 0.2) is 0 Å². The van der Waals surface area contributed by atoms with Crippen LogP contribution in [0.3, 0.4) is 0 Å². The van der Waals surface area contributed by atoms with Crippen molar-refractivity contribution < 1.29 is 14.3 Å². The van der Waals surface area contributed by atoms with Gasteiger partial charge in [0.2, 0.25) is 0 Å². The molecule has 0 atom stereocenters. The normalized spacial score (nSPS) is 18.7. The third kappa shape index (κ3) is 3.92. The fraction of sp³-hybridized carbons (Fsp3) is 0.500.